The number of aliphatic imine (C=N–C) groups is 1. The number of Topliss-reactive ketones (excluding diaryl/α,β-unsaturated/α-hetero) is 1. The maximum absolute atomic E-state index is 10.0. The molecule has 0 fully saturated rings. The van der Waals surface area contributed by atoms with Gasteiger partial charge in [0.1, 0.15) is 5.78 Å². The van der Waals surface area contributed by atoms with Gasteiger partial charge in [0.15, 0.2) is 5.11 Å². The Kier molecular flexibility index (Phi) is 116. The van der Waals surface area contributed by atoms with Crippen LogP contribution in [0.5, 0.6) is 0 Å². The molecule has 0 aliphatic carbocycles. The Morgan fingerprint density at radius 2 is 1.07 bits per heavy atom. The van der Waals surface area contributed by atoms with Gasteiger partial charge in [0.2, 0.25) is 15.9 Å². The molecule has 24 heteroatoms. The first-order chi connectivity index (χ1) is 26.8. The molecule has 0 radical (unpaired) electrons. The largest absolute Gasteiger partial charge is 0.469 e. The third-order valence-electron chi connectivity index (χ3n) is 4.12. The van der Waals surface area contributed by atoms with Gasteiger partial charge in [-0.1, -0.05) is 13.8 Å². The minimum absolute atomic E-state index is 0.00463. The summed E-state index contributed by atoms with van der Waals surface area (Å²) in [6.07, 6.45) is 4.15. The number of nitrogens with one attached hydrogen (secondary N) is 10. The number of urea groups is 1. The summed E-state index contributed by atoms with van der Waals surface area (Å²) in [5.74, 6) is 0.664. The average Bonchev–Trinajstić information content (AvgIpc) is 3.21. The fourth-order valence-electron chi connectivity index (χ4n) is 0.851. The summed E-state index contributed by atoms with van der Waals surface area (Å²) in [5.41, 5.74) is 0. The summed E-state index contributed by atoms with van der Waals surface area (Å²) >= 11 is 6.19. The van der Waals surface area contributed by atoms with Crippen LogP contribution in [0.3, 0.4) is 0 Å². The van der Waals surface area contributed by atoms with Gasteiger partial charge in [0.05, 0.1) is 32.3 Å². The number of ketones is 1. The molecule has 0 heterocycles. The summed E-state index contributed by atoms with van der Waals surface area (Å²) in [5, 5.41) is 32.7. The van der Waals surface area contributed by atoms with E-state index in [1.54, 1.807) is 74.1 Å². The fourth-order valence-corrected chi connectivity index (χ4v) is 1.26. The number of thioether (sulfide) groups is 1. The predicted octanol–water partition coefficient (Wildman–Crippen LogP) is 0.00780. The van der Waals surface area contributed by atoms with Crippen LogP contribution in [-0.4, -0.2) is 190 Å². The molecule has 4 amide bonds. The van der Waals surface area contributed by atoms with Crippen molar-refractivity contribution in [2.24, 2.45) is 4.99 Å². The Balaban J connectivity index is -0.0000000467. The zero-order valence-corrected chi connectivity index (χ0v) is 42.2. The topological polar surface area (TPSA) is 291 Å². The molecule has 0 aromatic rings. The number of thiocarbonyl (C=S) groups is 1. The van der Waals surface area contributed by atoms with Gasteiger partial charge in [-0.25, -0.2) is 22.7 Å². The van der Waals surface area contributed by atoms with Crippen molar-refractivity contribution in [3.8, 4) is 0 Å². The lowest BCUT2D eigenvalue weighted by Crippen LogP contribution is -2.28. The predicted molar refractivity (Wildman–Crippen MR) is 251 cm³/mol. The van der Waals surface area contributed by atoms with Gasteiger partial charge >= 0.3 is 18.1 Å². The molecule has 1 unspecified atom stereocenters. The number of carbonyl (C=O) groups is 5. The summed E-state index contributed by atoms with van der Waals surface area (Å²) < 4.78 is 30.1. The second-order valence-corrected chi connectivity index (χ2v) is 12.6. The van der Waals surface area contributed by atoms with Crippen LogP contribution >= 0.6 is 24.0 Å². The highest BCUT2D eigenvalue weighted by Gasteiger charge is 1.88. The highest BCUT2D eigenvalue weighted by atomic mass is 32.2. The van der Waals surface area contributed by atoms with Crippen LogP contribution in [0.1, 0.15) is 48.5 Å². The van der Waals surface area contributed by atoms with E-state index in [9.17, 15) is 32.4 Å². The second-order valence-electron chi connectivity index (χ2n) is 9.35. The van der Waals surface area contributed by atoms with Crippen molar-refractivity contribution >= 4 is 75.1 Å². The van der Waals surface area contributed by atoms with E-state index in [1.807, 2.05) is 34.3 Å². The van der Waals surface area contributed by atoms with Gasteiger partial charge in [-0.2, -0.15) is 11.8 Å². The number of ether oxygens (including phenoxy) is 2. The molecule has 0 aromatic heterocycles. The normalized spacial score (nSPS) is 8.60. The van der Waals surface area contributed by atoms with Crippen molar-refractivity contribution in [1.29, 1.82) is 0 Å². The van der Waals surface area contributed by atoms with Crippen molar-refractivity contribution in [3.05, 3.63) is 0 Å². The summed E-state index contributed by atoms with van der Waals surface area (Å²) in [6, 6.07) is -0.157. The minimum Gasteiger partial charge on any atom is -0.469 e. The van der Waals surface area contributed by atoms with Crippen molar-refractivity contribution in [1.82, 2.24) is 52.6 Å². The van der Waals surface area contributed by atoms with Crippen LogP contribution in [0, 0.1) is 0 Å². The van der Waals surface area contributed by atoms with Crippen molar-refractivity contribution in [3.63, 3.8) is 0 Å². The molecule has 0 aromatic carbocycles. The number of methoxy groups -OCH3 is 2. The monoisotopic (exact) mass is 906 g/mol. The average molecular weight is 906 g/mol. The van der Waals surface area contributed by atoms with E-state index in [0.29, 0.717) is 17.4 Å². The number of carbonyl (C=O) groups excluding carboxylic acids is 5. The first kappa shape index (κ1) is 82.5. The maximum atomic E-state index is 10.0. The third-order valence-corrected chi connectivity index (χ3v) is 5.97. The van der Waals surface area contributed by atoms with E-state index in [0.717, 1.165) is 19.3 Å². The van der Waals surface area contributed by atoms with Crippen LogP contribution in [0.4, 0.5) is 9.59 Å². The van der Waals surface area contributed by atoms with Gasteiger partial charge in [-0.05, 0) is 86.7 Å². The Bertz CT molecular complexity index is 902. The summed E-state index contributed by atoms with van der Waals surface area (Å²) in [4.78, 5) is 52.7. The number of rotatable bonds is 7. The van der Waals surface area contributed by atoms with E-state index < -0.39 is 16.1 Å². The molecular weight excluding hydrogens is 819 g/mol. The zero-order chi connectivity index (χ0) is 49.0. The first-order valence-corrected chi connectivity index (χ1v) is 21.1. The summed E-state index contributed by atoms with van der Waals surface area (Å²) in [6.45, 7) is 15.0. The van der Waals surface area contributed by atoms with E-state index >= 15 is 0 Å². The highest BCUT2D eigenvalue weighted by Crippen LogP contribution is 1.88. The molecule has 11 N–H and O–H groups in total. The number of aliphatic hydroxyl groups excluding tert-OH is 1. The lowest BCUT2D eigenvalue weighted by molar-refractivity contribution is -0.138. The highest BCUT2D eigenvalue weighted by molar-refractivity contribution is 7.99. The van der Waals surface area contributed by atoms with Gasteiger partial charge in [0.25, 0.3) is 0 Å². The van der Waals surface area contributed by atoms with Crippen LogP contribution in [-0.2, 0) is 33.9 Å². The molecule has 0 spiro atoms. The number of esters is 1. The number of nitrogens with zero attached hydrogens (tertiary/aromatic N) is 1. The second kappa shape index (κ2) is 81.7. The molecule has 0 aliphatic heterocycles. The number of alkyl carbamates (subject to hydrolysis) is 1. The smallest absolute Gasteiger partial charge is 0.406 e. The van der Waals surface area contributed by atoms with Crippen LogP contribution < -0.4 is 52.6 Å². The number of likely N-dealkylation sites (N-methyl/N-ethyl adjacent to an activating group) is 1. The SMILES string of the molecule is CC=NC.CCNC.CCNC.CNC(=O)NC.CNC(=O)OC.CNC(=S)NC.CNC(C)=O.CNCC(C)O.CNS(C)(=O)=O.COC(C)=O.CSCC(C)=O. The molecule has 0 aliphatic rings. The van der Waals surface area contributed by atoms with E-state index in [4.69, 9.17) is 5.11 Å². The van der Waals surface area contributed by atoms with Gasteiger partial charge < -0.3 is 67.4 Å². The van der Waals surface area contributed by atoms with Crippen molar-refractivity contribution in [2.75, 3.05) is 130 Å². The Labute approximate surface area is 362 Å². The maximum Gasteiger partial charge on any atom is 0.406 e. The molecule has 0 saturated heterocycles. The lowest BCUT2D eigenvalue weighted by atomic mass is 10.4. The lowest BCUT2D eigenvalue weighted by Gasteiger charge is -1.97. The molecule has 1 atom stereocenters. The van der Waals surface area contributed by atoms with Gasteiger partial charge in [0, 0.05) is 69.7 Å². The van der Waals surface area contributed by atoms with E-state index in [2.05, 4.69) is 93.1 Å². The van der Waals surface area contributed by atoms with E-state index in [-0.39, 0.29) is 29.8 Å². The molecule has 356 valence electrons. The molecule has 21 nitrogen and oxygen atoms in total. The zero-order valence-electron chi connectivity index (χ0n) is 39.8. The molecule has 0 rings (SSSR count). The first-order valence-electron chi connectivity index (χ1n) is 17.4. The Hall–Kier alpha value is -3.39. The van der Waals surface area contributed by atoms with Gasteiger partial charge in [-0.3, -0.25) is 14.4 Å². The number of aliphatic hydroxyl groups is 1. The quantitative estimate of drug-likeness (QED) is 0.0911. The van der Waals surface area contributed by atoms with Crippen LogP contribution in [0.2, 0.25) is 0 Å². The molecule has 0 saturated carbocycles. The fraction of sp³-hybridized carbons (Fsp3) is 0.794. The molecule has 0 bridgehead atoms. The van der Waals surface area contributed by atoms with Crippen LogP contribution in [0.15, 0.2) is 4.99 Å². The van der Waals surface area contributed by atoms with Crippen molar-refractivity contribution in [2.45, 2.75) is 54.6 Å². The Morgan fingerprint density at radius 3 is 1.07 bits per heavy atom. The number of hydrogen-bond donors (Lipinski definition) is 11. The Morgan fingerprint density at radius 1 is 0.759 bits per heavy atom. The van der Waals surface area contributed by atoms with Crippen LogP contribution in [0.25, 0.3) is 0 Å². The number of amides is 4. The minimum atomic E-state index is -2.91. The molecule has 58 heavy (non-hydrogen) atoms. The standard InChI is InChI=1S/C4H11NO.C4H8OS.C3H8N2O.C3H8N2S.C3H7NO2.C3H7NO.2C3H9N.C3H7N.C3H6O2.C2H7NO2S/c1-4(6)3-5-2;1-4(5)3-6-2;2*1-4-3(6)5-2;1-4-3(5)6-2;1-3(5)4-2;3*1-3-4-2;1-3(4)5-2;1-3-6(2,4)5/h4-6H,3H2,1-2H3;3H2,1-2H3;2*1-2H3,(H2,4,5,6);1-2H3,(H,4,5);1-2H3,(H,4,5);2*4H,3H2,1-2H3;3H,1-2H3;1-2H3;3H,1-2H3. The number of hydrogen-bond acceptors (Lipinski definition) is 16. The van der Waals surface area contributed by atoms with Gasteiger partial charge in [-0.15, -0.1) is 0 Å². The molecular formula is C34H87N11O10S3. The third kappa shape index (κ3) is 231. The summed E-state index contributed by atoms with van der Waals surface area (Å²) in [7, 11) is 18.3. The van der Waals surface area contributed by atoms with E-state index in [1.165, 1.54) is 42.2 Å². The van der Waals surface area contributed by atoms with Crippen molar-refractivity contribution < 1.29 is 47.0 Å². The number of sulfonamides is 1.